The zero-order valence-corrected chi connectivity index (χ0v) is 12.1. The molecule has 0 aliphatic rings. The van der Waals surface area contributed by atoms with Gasteiger partial charge in [0.15, 0.2) is 0 Å². The summed E-state index contributed by atoms with van der Waals surface area (Å²) in [6.07, 6.45) is 1.62. The fourth-order valence-electron chi connectivity index (χ4n) is 1.69. The quantitative estimate of drug-likeness (QED) is 0.845. The molecule has 0 heterocycles. The minimum absolute atomic E-state index is 0.306. The van der Waals surface area contributed by atoms with Gasteiger partial charge in [0, 0.05) is 11.1 Å². The van der Waals surface area contributed by atoms with Crippen molar-refractivity contribution in [3.63, 3.8) is 0 Å². The Kier molecular flexibility index (Phi) is 5.59. The third-order valence-electron chi connectivity index (χ3n) is 2.61. The van der Waals surface area contributed by atoms with Gasteiger partial charge in [-0.05, 0) is 36.5 Å². The lowest BCUT2D eigenvalue weighted by Crippen LogP contribution is -2.34. The van der Waals surface area contributed by atoms with Crippen LogP contribution in [0.15, 0.2) is 24.3 Å². The lowest BCUT2D eigenvalue weighted by atomic mass is 9.98. The molecule has 0 amide bonds. The van der Waals surface area contributed by atoms with Crippen molar-refractivity contribution in [3.8, 4) is 0 Å². The molecule has 0 bridgehead atoms. The second-order valence-electron chi connectivity index (χ2n) is 4.74. The molecule has 0 fully saturated rings. The zero-order valence-electron chi connectivity index (χ0n) is 10.6. The Balaban J connectivity index is 2.85. The van der Waals surface area contributed by atoms with Crippen LogP contribution in [0, 0.1) is 5.92 Å². The van der Waals surface area contributed by atoms with Crippen LogP contribution < -0.4 is 9.86 Å². The number of hydrogen-bond acceptors (Lipinski definition) is 2. The van der Waals surface area contributed by atoms with Crippen LogP contribution >= 0.6 is 11.6 Å². The van der Waals surface area contributed by atoms with Gasteiger partial charge in [0.25, 0.3) is 10.2 Å². The van der Waals surface area contributed by atoms with Crippen molar-refractivity contribution in [3.05, 3.63) is 34.9 Å². The van der Waals surface area contributed by atoms with E-state index in [1.807, 2.05) is 12.1 Å². The van der Waals surface area contributed by atoms with Gasteiger partial charge in [-0.2, -0.15) is 13.1 Å². The van der Waals surface area contributed by atoms with Crippen LogP contribution in [0.4, 0.5) is 0 Å². The third kappa shape index (κ3) is 5.82. The summed E-state index contributed by atoms with van der Waals surface area (Å²) in [4.78, 5) is 0. The molecule has 0 saturated heterocycles. The lowest BCUT2D eigenvalue weighted by molar-refractivity contribution is 0.477. The first-order valence-electron chi connectivity index (χ1n) is 5.83. The molecule has 0 aliphatic heterocycles. The second-order valence-corrected chi connectivity index (χ2v) is 6.50. The smallest absolute Gasteiger partial charge is 0.216 e. The molecule has 0 spiro atoms. The highest BCUT2D eigenvalue weighted by Crippen LogP contribution is 2.23. The fraction of sp³-hybridized carbons (Fsp3) is 0.500. The summed E-state index contributed by atoms with van der Waals surface area (Å²) in [5.41, 5.74) is 0.870. The third-order valence-corrected chi connectivity index (χ3v) is 3.48. The van der Waals surface area contributed by atoms with Crippen LogP contribution in [0.2, 0.25) is 5.02 Å². The molecule has 0 saturated carbocycles. The zero-order chi connectivity index (χ0) is 13.8. The van der Waals surface area contributed by atoms with Crippen LogP contribution in [0.3, 0.4) is 0 Å². The molecule has 6 heteroatoms. The van der Waals surface area contributed by atoms with E-state index < -0.39 is 10.2 Å². The molecule has 1 aromatic carbocycles. The maximum absolute atomic E-state index is 11.2. The summed E-state index contributed by atoms with van der Waals surface area (Å²) in [7, 11) is -3.71. The van der Waals surface area contributed by atoms with Crippen molar-refractivity contribution >= 4 is 21.8 Å². The van der Waals surface area contributed by atoms with Crippen molar-refractivity contribution in [1.29, 1.82) is 0 Å². The summed E-state index contributed by atoms with van der Waals surface area (Å²) in [6.45, 7) is 4.19. The molecular weight excluding hydrogens is 272 g/mol. The van der Waals surface area contributed by atoms with E-state index in [0.717, 1.165) is 12.0 Å². The lowest BCUT2D eigenvalue weighted by Gasteiger charge is -2.18. The number of halogens is 1. The SMILES string of the molecule is CC(C)CC[C@H](NS(N)(=O)=O)c1ccc(Cl)cc1. The largest absolute Gasteiger partial charge is 0.274 e. The molecule has 1 aromatic rings. The Morgan fingerprint density at radius 2 is 1.78 bits per heavy atom. The minimum atomic E-state index is -3.71. The number of nitrogens with two attached hydrogens (primary N) is 1. The van der Waals surface area contributed by atoms with E-state index in [1.54, 1.807) is 12.1 Å². The van der Waals surface area contributed by atoms with Crippen molar-refractivity contribution in [2.75, 3.05) is 0 Å². The molecule has 3 N–H and O–H groups in total. The van der Waals surface area contributed by atoms with Crippen LogP contribution in [0.5, 0.6) is 0 Å². The molecule has 1 rings (SSSR count). The summed E-state index contributed by atoms with van der Waals surface area (Å²) in [5.74, 6) is 0.502. The predicted octanol–water partition coefficient (Wildman–Crippen LogP) is 2.61. The standard InChI is InChI=1S/C12H19ClN2O2S/c1-9(2)3-8-12(15-18(14,16)17)10-4-6-11(13)7-5-10/h4-7,9,12,15H,3,8H2,1-2H3,(H2,14,16,17)/t12-/m0/s1. The monoisotopic (exact) mass is 290 g/mol. The van der Waals surface area contributed by atoms with Gasteiger partial charge in [0.2, 0.25) is 0 Å². The van der Waals surface area contributed by atoms with E-state index in [0.29, 0.717) is 17.4 Å². The molecule has 0 aliphatic carbocycles. The van der Waals surface area contributed by atoms with Gasteiger partial charge in [-0.3, -0.25) is 0 Å². The van der Waals surface area contributed by atoms with Crippen molar-refractivity contribution in [1.82, 2.24) is 4.72 Å². The topological polar surface area (TPSA) is 72.2 Å². The highest BCUT2D eigenvalue weighted by atomic mass is 35.5. The summed E-state index contributed by atoms with van der Waals surface area (Å²) >= 11 is 5.81. The van der Waals surface area contributed by atoms with Crippen LogP contribution in [0.25, 0.3) is 0 Å². The van der Waals surface area contributed by atoms with Crippen molar-refractivity contribution < 1.29 is 8.42 Å². The molecule has 1 atom stereocenters. The van der Waals surface area contributed by atoms with Crippen LogP contribution in [0.1, 0.15) is 38.3 Å². The molecule has 0 aromatic heterocycles. The van der Waals surface area contributed by atoms with E-state index in [1.165, 1.54) is 0 Å². The van der Waals surface area contributed by atoms with Gasteiger partial charge in [-0.25, -0.2) is 5.14 Å². The number of hydrogen-bond donors (Lipinski definition) is 2. The first kappa shape index (κ1) is 15.4. The van der Waals surface area contributed by atoms with Gasteiger partial charge in [-0.15, -0.1) is 0 Å². The Bertz CT molecular complexity index is 471. The van der Waals surface area contributed by atoms with Gasteiger partial charge in [0.1, 0.15) is 0 Å². The van der Waals surface area contributed by atoms with Gasteiger partial charge in [0.05, 0.1) is 0 Å². The van der Waals surface area contributed by atoms with Gasteiger partial charge < -0.3 is 0 Å². The van der Waals surface area contributed by atoms with Crippen molar-refractivity contribution in [2.45, 2.75) is 32.7 Å². The number of nitrogens with one attached hydrogen (secondary N) is 1. The summed E-state index contributed by atoms with van der Waals surface area (Å²) in [5, 5.41) is 5.67. The molecule has 18 heavy (non-hydrogen) atoms. The summed E-state index contributed by atoms with van der Waals surface area (Å²) < 4.78 is 24.8. The fourth-order valence-corrected chi connectivity index (χ4v) is 2.46. The van der Waals surface area contributed by atoms with E-state index >= 15 is 0 Å². The molecule has 4 nitrogen and oxygen atoms in total. The molecular formula is C12H19ClN2O2S. The Morgan fingerprint density at radius 1 is 1.22 bits per heavy atom. The van der Waals surface area contributed by atoms with Crippen molar-refractivity contribution in [2.24, 2.45) is 11.1 Å². The Labute approximate surface area is 114 Å². The molecule has 0 radical (unpaired) electrons. The van der Waals surface area contributed by atoms with Gasteiger partial charge >= 0.3 is 0 Å². The normalized spacial score (nSPS) is 13.8. The highest BCUT2D eigenvalue weighted by Gasteiger charge is 2.16. The predicted molar refractivity (Wildman–Crippen MR) is 74.5 cm³/mol. The summed E-state index contributed by atoms with van der Waals surface area (Å²) in [6, 6.07) is 6.80. The van der Waals surface area contributed by atoms with Crippen LogP contribution in [-0.4, -0.2) is 8.42 Å². The van der Waals surface area contributed by atoms with Crippen LogP contribution in [-0.2, 0) is 10.2 Å². The number of rotatable bonds is 6. The van der Waals surface area contributed by atoms with E-state index in [2.05, 4.69) is 18.6 Å². The first-order valence-corrected chi connectivity index (χ1v) is 7.76. The average Bonchev–Trinajstić information content (AvgIpc) is 2.23. The first-order chi connectivity index (χ1) is 8.28. The van der Waals surface area contributed by atoms with E-state index in [-0.39, 0.29) is 6.04 Å². The molecule has 0 unspecified atom stereocenters. The average molecular weight is 291 g/mol. The maximum Gasteiger partial charge on any atom is 0.274 e. The number of benzene rings is 1. The van der Waals surface area contributed by atoms with Gasteiger partial charge in [-0.1, -0.05) is 37.6 Å². The van der Waals surface area contributed by atoms with E-state index in [4.69, 9.17) is 16.7 Å². The Morgan fingerprint density at radius 3 is 2.22 bits per heavy atom. The molecule has 102 valence electrons. The van der Waals surface area contributed by atoms with E-state index in [9.17, 15) is 8.42 Å². The second kappa shape index (κ2) is 6.52. The minimum Gasteiger partial charge on any atom is -0.216 e. The maximum atomic E-state index is 11.2. The highest BCUT2D eigenvalue weighted by molar-refractivity contribution is 7.87. The Hall–Kier alpha value is -0.620.